The van der Waals surface area contributed by atoms with Crippen LogP contribution < -0.4 is 0 Å². The van der Waals surface area contributed by atoms with Crippen molar-refractivity contribution >= 4 is 29.1 Å². The van der Waals surface area contributed by atoms with Crippen molar-refractivity contribution in [3.63, 3.8) is 0 Å². The van der Waals surface area contributed by atoms with Crippen LogP contribution in [0, 0.1) is 5.41 Å². The topological polar surface area (TPSA) is 20.3 Å². The molecule has 13 heavy (non-hydrogen) atoms. The Morgan fingerprint density at radius 1 is 1.46 bits per heavy atom. The van der Waals surface area contributed by atoms with E-state index in [9.17, 15) is 4.79 Å². The van der Waals surface area contributed by atoms with Gasteiger partial charge in [-0.1, -0.05) is 13.3 Å². The first-order valence-corrected chi connectivity index (χ1v) is 5.68. The van der Waals surface area contributed by atoms with Crippen LogP contribution in [0.15, 0.2) is 0 Å². The summed E-state index contributed by atoms with van der Waals surface area (Å²) in [5, 5.41) is 0. The maximum atomic E-state index is 11.6. The lowest BCUT2D eigenvalue weighted by atomic mass is 9.82. The Morgan fingerprint density at radius 2 is 2.08 bits per heavy atom. The normalized spacial score (nSPS) is 20.2. The van der Waals surface area contributed by atoms with Crippen LogP contribution >= 0.6 is 23.2 Å². The lowest BCUT2D eigenvalue weighted by Crippen LogP contribution is -2.63. The molecule has 4 heteroatoms. The Morgan fingerprint density at radius 3 is 2.46 bits per heavy atom. The molecule has 0 aromatic carbocycles. The molecule has 2 nitrogen and oxygen atoms in total. The molecule has 0 unspecified atom stereocenters. The predicted octanol–water partition coefficient (Wildman–Crippen LogP) is 2.09. The van der Waals surface area contributed by atoms with Gasteiger partial charge in [-0.05, 0) is 6.42 Å². The summed E-state index contributed by atoms with van der Waals surface area (Å²) in [6.07, 6.45) is 2.17. The molecule has 0 spiro atoms. The highest BCUT2D eigenvalue weighted by Gasteiger charge is 2.50. The Kier molecular flexibility index (Phi) is 3.87. The molecule has 0 N–H and O–H groups in total. The number of unbranched alkanes of at least 4 members (excludes halogenated alkanes) is 1. The summed E-state index contributed by atoms with van der Waals surface area (Å²) in [5.41, 5.74) is -0.448. The molecule has 76 valence electrons. The number of alkyl halides is 2. The molecule has 1 heterocycles. The Hall–Kier alpha value is 0.0500. The summed E-state index contributed by atoms with van der Waals surface area (Å²) in [6.45, 7) is 3.70. The summed E-state index contributed by atoms with van der Waals surface area (Å²) < 4.78 is 0. The molecule has 0 radical (unpaired) electrons. The summed E-state index contributed by atoms with van der Waals surface area (Å²) in [5.74, 6) is 0.821. The average Bonchev–Trinajstić information content (AvgIpc) is 2.17. The molecule has 1 saturated heterocycles. The van der Waals surface area contributed by atoms with Gasteiger partial charge in [-0.2, -0.15) is 0 Å². The van der Waals surface area contributed by atoms with Gasteiger partial charge in [-0.25, -0.2) is 0 Å². The zero-order chi connectivity index (χ0) is 9.90. The van der Waals surface area contributed by atoms with E-state index in [0.29, 0.717) is 11.8 Å². The predicted molar refractivity (Wildman–Crippen MR) is 55.4 cm³/mol. The van der Waals surface area contributed by atoms with E-state index in [1.54, 1.807) is 0 Å². The first-order chi connectivity index (χ1) is 6.20. The molecular formula is C9H15Cl2NO. The minimum absolute atomic E-state index is 0.131. The lowest BCUT2D eigenvalue weighted by Gasteiger charge is -2.47. The number of rotatable bonds is 5. The number of nitrogens with zero attached hydrogens (tertiary/aromatic N) is 1. The second-order valence-corrected chi connectivity index (χ2v) is 4.16. The van der Waals surface area contributed by atoms with Gasteiger partial charge < -0.3 is 4.90 Å². The molecule has 0 bridgehead atoms. The van der Waals surface area contributed by atoms with Gasteiger partial charge in [0.15, 0.2) is 0 Å². The van der Waals surface area contributed by atoms with Crippen molar-refractivity contribution in [2.45, 2.75) is 19.8 Å². The van der Waals surface area contributed by atoms with Crippen LogP contribution in [0.1, 0.15) is 19.8 Å². The van der Waals surface area contributed by atoms with E-state index in [4.69, 9.17) is 23.2 Å². The Labute approximate surface area is 89.2 Å². The largest absolute Gasteiger partial charge is 0.341 e. The third kappa shape index (κ3) is 1.94. The fourth-order valence-corrected chi connectivity index (χ4v) is 2.20. The zero-order valence-electron chi connectivity index (χ0n) is 7.85. The van der Waals surface area contributed by atoms with E-state index >= 15 is 0 Å². The standard InChI is InChI=1S/C9H15Cl2NO/c1-2-3-4-12-7-9(5-10,6-11)8(12)13/h2-7H2,1H3. The van der Waals surface area contributed by atoms with E-state index in [0.717, 1.165) is 25.9 Å². The summed E-state index contributed by atoms with van der Waals surface area (Å²) in [7, 11) is 0. The second kappa shape index (κ2) is 4.52. The van der Waals surface area contributed by atoms with E-state index < -0.39 is 5.41 Å². The highest BCUT2D eigenvalue weighted by Crippen LogP contribution is 2.34. The maximum absolute atomic E-state index is 11.6. The van der Waals surface area contributed by atoms with Gasteiger partial charge in [-0.3, -0.25) is 4.79 Å². The lowest BCUT2D eigenvalue weighted by molar-refractivity contribution is -0.155. The van der Waals surface area contributed by atoms with Gasteiger partial charge in [0.1, 0.15) is 0 Å². The Balaban J connectivity index is 2.41. The van der Waals surface area contributed by atoms with Gasteiger partial charge >= 0.3 is 0 Å². The minimum atomic E-state index is -0.448. The third-order valence-corrected chi connectivity index (χ3v) is 3.55. The number of carbonyl (C=O) groups is 1. The molecule has 1 amide bonds. The van der Waals surface area contributed by atoms with Crippen LogP contribution in [0.5, 0.6) is 0 Å². The van der Waals surface area contributed by atoms with Crippen molar-refractivity contribution in [2.75, 3.05) is 24.8 Å². The number of halogens is 2. The van der Waals surface area contributed by atoms with Crippen molar-refractivity contribution in [3.8, 4) is 0 Å². The van der Waals surface area contributed by atoms with Crippen LogP contribution in [0.4, 0.5) is 0 Å². The number of hydrogen-bond donors (Lipinski definition) is 0. The fraction of sp³-hybridized carbons (Fsp3) is 0.889. The first kappa shape index (κ1) is 11.1. The van der Waals surface area contributed by atoms with Crippen molar-refractivity contribution in [1.82, 2.24) is 4.90 Å². The van der Waals surface area contributed by atoms with E-state index in [2.05, 4.69) is 6.92 Å². The maximum Gasteiger partial charge on any atom is 0.233 e. The zero-order valence-corrected chi connectivity index (χ0v) is 9.37. The molecule has 1 aliphatic heterocycles. The summed E-state index contributed by atoms with van der Waals surface area (Å²) in [4.78, 5) is 13.5. The molecule has 1 rings (SSSR count). The smallest absolute Gasteiger partial charge is 0.233 e. The van der Waals surface area contributed by atoms with Crippen molar-refractivity contribution in [2.24, 2.45) is 5.41 Å². The number of amides is 1. The fourth-order valence-electron chi connectivity index (χ4n) is 1.51. The molecular weight excluding hydrogens is 209 g/mol. The van der Waals surface area contributed by atoms with Crippen LogP contribution in [0.2, 0.25) is 0 Å². The van der Waals surface area contributed by atoms with Crippen molar-refractivity contribution in [3.05, 3.63) is 0 Å². The van der Waals surface area contributed by atoms with Gasteiger partial charge in [0.05, 0.1) is 5.41 Å². The van der Waals surface area contributed by atoms with Gasteiger partial charge in [0.25, 0.3) is 0 Å². The van der Waals surface area contributed by atoms with Crippen LogP contribution in [-0.2, 0) is 4.79 Å². The molecule has 1 fully saturated rings. The van der Waals surface area contributed by atoms with Crippen molar-refractivity contribution < 1.29 is 4.79 Å². The number of carbonyl (C=O) groups excluding carboxylic acids is 1. The average molecular weight is 224 g/mol. The van der Waals surface area contributed by atoms with Crippen LogP contribution in [0.25, 0.3) is 0 Å². The summed E-state index contributed by atoms with van der Waals surface area (Å²) in [6, 6.07) is 0. The van der Waals surface area contributed by atoms with Crippen LogP contribution in [0.3, 0.4) is 0 Å². The number of β-lactam (4-membered cyclic amide) rings is 1. The third-order valence-electron chi connectivity index (χ3n) is 2.53. The van der Waals surface area contributed by atoms with E-state index in [-0.39, 0.29) is 5.91 Å². The first-order valence-electron chi connectivity index (χ1n) is 4.61. The van der Waals surface area contributed by atoms with Gasteiger partial charge in [-0.15, -0.1) is 23.2 Å². The molecule has 0 aromatic rings. The molecule has 0 saturated carbocycles. The monoisotopic (exact) mass is 223 g/mol. The number of likely N-dealkylation sites (tertiary alicyclic amines) is 1. The minimum Gasteiger partial charge on any atom is -0.341 e. The van der Waals surface area contributed by atoms with Gasteiger partial charge in [0.2, 0.25) is 5.91 Å². The highest BCUT2D eigenvalue weighted by atomic mass is 35.5. The molecule has 1 aliphatic rings. The Bertz CT molecular complexity index is 192. The van der Waals surface area contributed by atoms with Crippen LogP contribution in [-0.4, -0.2) is 35.7 Å². The summed E-state index contributed by atoms with van der Waals surface area (Å²) >= 11 is 11.4. The van der Waals surface area contributed by atoms with Gasteiger partial charge in [0, 0.05) is 24.8 Å². The second-order valence-electron chi connectivity index (χ2n) is 3.63. The quantitative estimate of drug-likeness (QED) is 0.517. The number of hydrogen-bond acceptors (Lipinski definition) is 1. The highest BCUT2D eigenvalue weighted by molar-refractivity contribution is 6.24. The van der Waals surface area contributed by atoms with E-state index in [1.165, 1.54) is 0 Å². The SMILES string of the molecule is CCCCN1CC(CCl)(CCl)C1=O. The molecule has 0 aromatic heterocycles. The van der Waals surface area contributed by atoms with E-state index in [1.807, 2.05) is 4.90 Å². The molecule has 0 aliphatic carbocycles. The molecule has 0 atom stereocenters. The van der Waals surface area contributed by atoms with Crippen molar-refractivity contribution in [1.29, 1.82) is 0 Å².